The number of benzene rings is 3. The van der Waals surface area contributed by atoms with Gasteiger partial charge >= 0.3 is 0 Å². The number of anilines is 3. The van der Waals surface area contributed by atoms with Crippen LogP contribution in [0.5, 0.6) is 0 Å². The fourth-order valence-corrected chi connectivity index (χ4v) is 3.48. The van der Waals surface area contributed by atoms with E-state index in [4.69, 9.17) is 17.2 Å². The van der Waals surface area contributed by atoms with Crippen LogP contribution in [0.15, 0.2) is 54.6 Å². The SMILES string of the molecule is NC(=O)c1ccc2c(c1)Cc1c(ccc(C(N)=O)c1-c1ccc(N)cc1)N2. The van der Waals surface area contributed by atoms with E-state index in [9.17, 15) is 9.59 Å². The quantitative estimate of drug-likeness (QED) is 0.420. The molecule has 0 unspecified atom stereocenters. The Balaban J connectivity index is 1.91. The largest absolute Gasteiger partial charge is 0.399 e. The maximum Gasteiger partial charge on any atom is 0.249 e. The van der Waals surface area contributed by atoms with Crippen molar-refractivity contribution in [1.29, 1.82) is 0 Å². The first-order valence-electron chi connectivity index (χ1n) is 8.45. The van der Waals surface area contributed by atoms with Gasteiger partial charge in [0.1, 0.15) is 0 Å². The van der Waals surface area contributed by atoms with Gasteiger partial charge in [-0.2, -0.15) is 0 Å². The van der Waals surface area contributed by atoms with Crippen LogP contribution < -0.4 is 22.5 Å². The van der Waals surface area contributed by atoms with Crippen molar-refractivity contribution in [3.8, 4) is 11.1 Å². The van der Waals surface area contributed by atoms with Gasteiger partial charge in [-0.25, -0.2) is 0 Å². The molecule has 6 heteroatoms. The van der Waals surface area contributed by atoms with Crippen molar-refractivity contribution < 1.29 is 9.59 Å². The lowest BCUT2D eigenvalue weighted by Crippen LogP contribution is -2.17. The lowest BCUT2D eigenvalue weighted by atomic mass is 9.86. The highest BCUT2D eigenvalue weighted by atomic mass is 16.1. The highest BCUT2D eigenvalue weighted by Crippen LogP contribution is 2.40. The Bertz CT molecular complexity index is 1090. The van der Waals surface area contributed by atoms with Gasteiger partial charge in [-0.3, -0.25) is 9.59 Å². The first-order chi connectivity index (χ1) is 12.9. The summed E-state index contributed by atoms with van der Waals surface area (Å²) in [7, 11) is 0. The number of carbonyl (C=O) groups excluding carboxylic acids is 2. The molecule has 0 bridgehead atoms. The van der Waals surface area contributed by atoms with E-state index in [2.05, 4.69) is 5.32 Å². The van der Waals surface area contributed by atoms with E-state index >= 15 is 0 Å². The number of amides is 2. The van der Waals surface area contributed by atoms with Crippen LogP contribution in [0.25, 0.3) is 11.1 Å². The zero-order chi connectivity index (χ0) is 19.1. The van der Waals surface area contributed by atoms with Crippen molar-refractivity contribution in [2.45, 2.75) is 6.42 Å². The highest BCUT2D eigenvalue weighted by molar-refractivity contribution is 6.03. The third-order valence-electron chi connectivity index (χ3n) is 4.80. The average molecular weight is 358 g/mol. The van der Waals surface area contributed by atoms with Crippen LogP contribution >= 0.6 is 0 Å². The summed E-state index contributed by atoms with van der Waals surface area (Å²) in [6.07, 6.45) is 0.541. The molecule has 4 rings (SSSR count). The lowest BCUT2D eigenvalue weighted by Gasteiger charge is -2.25. The zero-order valence-electron chi connectivity index (χ0n) is 14.5. The summed E-state index contributed by atoms with van der Waals surface area (Å²) in [5.74, 6) is -0.977. The van der Waals surface area contributed by atoms with Crippen molar-refractivity contribution in [2.24, 2.45) is 11.5 Å². The van der Waals surface area contributed by atoms with Gasteiger partial charge in [-0.1, -0.05) is 12.1 Å². The topological polar surface area (TPSA) is 124 Å². The molecule has 0 radical (unpaired) electrons. The van der Waals surface area contributed by atoms with Gasteiger partial charge in [0.2, 0.25) is 11.8 Å². The van der Waals surface area contributed by atoms with Gasteiger partial charge in [0.15, 0.2) is 0 Å². The van der Waals surface area contributed by atoms with E-state index in [0.29, 0.717) is 23.2 Å². The Morgan fingerprint density at radius 1 is 0.852 bits per heavy atom. The smallest absolute Gasteiger partial charge is 0.249 e. The predicted octanol–water partition coefficient (Wildman–Crippen LogP) is 2.78. The Morgan fingerprint density at radius 3 is 2.22 bits per heavy atom. The molecule has 0 saturated heterocycles. The van der Waals surface area contributed by atoms with Crippen molar-refractivity contribution in [1.82, 2.24) is 0 Å². The van der Waals surface area contributed by atoms with E-state index in [1.54, 1.807) is 30.3 Å². The molecule has 0 atom stereocenters. The van der Waals surface area contributed by atoms with E-state index in [-0.39, 0.29) is 0 Å². The molecule has 0 saturated carbocycles. The number of nitrogen functional groups attached to an aromatic ring is 1. The monoisotopic (exact) mass is 358 g/mol. The van der Waals surface area contributed by atoms with Crippen molar-refractivity contribution in [3.05, 3.63) is 76.9 Å². The first-order valence-corrected chi connectivity index (χ1v) is 8.45. The third-order valence-corrected chi connectivity index (χ3v) is 4.80. The molecular formula is C21H18N4O2. The van der Waals surface area contributed by atoms with Crippen LogP contribution in [-0.4, -0.2) is 11.8 Å². The predicted molar refractivity (Wildman–Crippen MR) is 106 cm³/mol. The Kier molecular flexibility index (Phi) is 3.81. The lowest BCUT2D eigenvalue weighted by molar-refractivity contribution is 0.0992. The van der Waals surface area contributed by atoms with Crippen molar-refractivity contribution >= 4 is 28.9 Å². The number of primary amides is 2. The second-order valence-electron chi connectivity index (χ2n) is 6.54. The fourth-order valence-electron chi connectivity index (χ4n) is 3.48. The number of carbonyl (C=O) groups is 2. The van der Waals surface area contributed by atoms with Crippen LogP contribution in [0, 0.1) is 0 Å². The summed E-state index contributed by atoms with van der Waals surface area (Å²) >= 11 is 0. The van der Waals surface area contributed by atoms with Crippen LogP contribution in [0.4, 0.5) is 17.1 Å². The second kappa shape index (κ2) is 6.17. The second-order valence-corrected chi connectivity index (χ2v) is 6.54. The van der Waals surface area contributed by atoms with E-state index in [0.717, 1.165) is 33.6 Å². The molecule has 1 heterocycles. The summed E-state index contributed by atoms with van der Waals surface area (Å²) in [5.41, 5.74) is 23.6. The Morgan fingerprint density at radius 2 is 1.56 bits per heavy atom. The molecule has 0 aliphatic carbocycles. The molecule has 0 aromatic heterocycles. The molecule has 0 spiro atoms. The summed E-state index contributed by atoms with van der Waals surface area (Å²) < 4.78 is 0. The molecule has 27 heavy (non-hydrogen) atoms. The van der Waals surface area contributed by atoms with Crippen LogP contribution in [-0.2, 0) is 6.42 Å². The molecule has 3 aromatic carbocycles. The summed E-state index contributed by atoms with van der Waals surface area (Å²) in [6.45, 7) is 0. The molecule has 1 aliphatic rings. The van der Waals surface area contributed by atoms with Gasteiger partial charge in [0.25, 0.3) is 0 Å². The molecule has 134 valence electrons. The summed E-state index contributed by atoms with van der Waals surface area (Å²) in [5, 5.41) is 3.37. The van der Waals surface area contributed by atoms with E-state index in [1.165, 1.54) is 0 Å². The van der Waals surface area contributed by atoms with Crippen molar-refractivity contribution in [2.75, 3.05) is 11.1 Å². The van der Waals surface area contributed by atoms with Crippen LogP contribution in [0.2, 0.25) is 0 Å². The zero-order valence-corrected chi connectivity index (χ0v) is 14.5. The standard InChI is InChI=1S/C21H18N4O2/c22-14-4-1-11(2-5-14)19-15(21(24)27)6-8-18-16(19)10-13-9-12(20(23)26)3-7-17(13)25-18/h1-9,25H,10,22H2,(H2,23,26)(H2,24,27). The first kappa shape index (κ1) is 16.7. The van der Waals surface area contributed by atoms with Crippen LogP contribution in [0.1, 0.15) is 31.8 Å². The number of nitrogens with one attached hydrogen (secondary N) is 1. The minimum absolute atomic E-state index is 0.440. The fraction of sp³-hybridized carbons (Fsp3) is 0.0476. The minimum Gasteiger partial charge on any atom is -0.399 e. The molecule has 6 nitrogen and oxygen atoms in total. The molecule has 0 fully saturated rings. The van der Waals surface area contributed by atoms with E-state index in [1.807, 2.05) is 24.3 Å². The molecule has 7 N–H and O–H groups in total. The van der Waals surface area contributed by atoms with Crippen molar-refractivity contribution in [3.63, 3.8) is 0 Å². The maximum absolute atomic E-state index is 12.1. The number of hydrogen-bond donors (Lipinski definition) is 4. The highest BCUT2D eigenvalue weighted by Gasteiger charge is 2.23. The number of hydrogen-bond acceptors (Lipinski definition) is 4. The van der Waals surface area contributed by atoms with Gasteiger partial charge in [-0.05, 0) is 64.7 Å². The number of fused-ring (bicyclic) bond motifs is 2. The molecule has 1 aliphatic heterocycles. The van der Waals surface area contributed by atoms with E-state index < -0.39 is 11.8 Å². The molecule has 2 amide bonds. The third kappa shape index (κ3) is 2.87. The molecule has 3 aromatic rings. The van der Waals surface area contributed by atoms with Gasteiger partial charge in [0.05, 0.1) is 0 Å². The maximum atomic E-state index is 12.1. The molecular weight excluding hydrogens is 340 g/mol. The Labute approximate surface area is 156 Å². The average Bonchev–Trinajstić information content (AvgIpc) is 2.65. The Hall–Kier alpha value is -3.80. The summed E-state index contributed by atoms with van der Waals surface area (Å²) in [6, 6.07) is 16.2. The summed E-state index contributed by atoms with van der Waals surface area (Å²) in [4.78, 5) is 23.6. The van der Waals surface area contributed by atoms with Gasteiger partial charge < -0.3 is 22.5 Å². The number of rotatable bonds is 3. The number of nitrogens with two attached hydrogens (primary N) is 3. The van der Waals surface area contributed by atoms with Gasteiger partial charge in [0, 0.05) is 34.6 Å². The van der Waals surface area contributed by atoms with Gasteiger partial charge in [-0.15, -0.1) is 0 Å². The van der Waals surface area contributed by atoms with Crippen LogP contribution in [0.3, 0.4) is 0 Å². The normalized spacial score (nSPS) is 11.9. The minimum atomic E-state index is -0.499.